The number of carbonyl (C=O) groups is 1. The van der Waals surface area contributed by atoms with E-state index in [0.717, 1.165) is 24.8 Å². The molecule has 0 unspecified atom stereocenters. The van der Waals surface area contributed by atoms with E-state index in [1.165, 1.54) is 41.3 Å². The van der Waals surface area contributed by atoms with Crippen molar-refractivity contribution in [2.24, 2.45) is 0 Å². The molecule has 3 nitrogen and oxygen atoms in total. The SMILES string of the molecule is O=C(O)c1ccc(F)cc1Cn1c2c(c3ccccc31)CCCC2. The minimum atomic E-state index is -1.02. The fourth-order valence-corrected chi connectivity index (χ4v) is 3.84. The number of aromatic nitrogens is 1. The van der Waals surface area contributed by atoms with Gasteiger partial charge in [0.1, 0.15) is 5.82 Å². The van der Waals surface area contributed by atoms with E-state index in [1.54, 1.807) is 0 Å². The van der Waals surface area contributed by atoms with Gasteiger partial charge in [-0.25, -0.2) is 9.18 Å². The van der Waals surface area contributed by atoms with Crippen LogP contribution in [0.25, 0.3) is 10.9 Å². The molecule has 0 fully saturated rings. The Morgan fingerprint density at radius 3 is 2.75 bits per heavy atom. The second-order valence-electron chi connectivity index (χ2n) is 6.34. The van der Waals surface area contributed by atoms with Crippen LogP contribution < -0.4 is 0 Å². The summed E-state index contributed by atoms with van der Waals surface area (Å²) in [5, 5.41) is 10.6. The van der Waals surface area contributed by atoms with Crippen molar-refractivity contribution in [3.05, 3.63) is 70.7 Å². The topological polar surface area (TPSA) is 42.2 Å². The highest BCUT2D eigenvalue weighted by atomic mass is 19.1. The van der Waals surface area contributed by atoms with Gasteiger partial charge in [-0.15, -0.1) is 0 Å². The number of hydrogen-bond donors (Lipinski definition) is 1. The Morgan fingerprint density at radius 1 is 1.12 bits per heavy atom. The molecule has 24 heavy (non-hydrogen) atoms. The second-order valence-corrected chi connectivity index (χ2v) is 6.34. The molecule has 0 aliphatic heterocycles. The molecule has 1 N–H and O–H groups in total. The smallest absolute Gasteiger partial charge is 0.336 e. The minimum Gasteiger partial charge on any atom is -0.478 e. The normalized spacial score (nSPS) is 13.9. The van der Waals surface area contributed by atoms with Gasteiger partial charge in [0.2, 0.25) is 0 Å². The summed E-state index contributed by atoms with van der Waals surface area (Å²) in [6.45, 7) is 0.384. The molecule has 0 spiro atoms. The van der Waals surface area contributed by atoms with Gasteiger partial charge in [-0.1, -0.05) is 18.2 Å². The van der Waals surface area contributed by atoms with Crippen molar-refractivity contribution in [1.82, 2.24) is 4.57 Å². The third kappa shape index (κ3) is 2.39. The molecule has 0 bridgehead atoms. The molecule has 0 amide bonds. The summed E-state index contributed by atoms with van der Waals surface area (Å²) >= 11 is 0. The monoisotopic (exact) mass is 323 g/mol. The Labute approximate surface area is 139 Å². The van der Waals surface area contributed by atoms with Crippen LogP contribution in [0.15, 0.2) is 42.5 Å². The van der Waals surface area contributed by atoms with Crippen LogP contribution in [0.5, 0.6) is 0 Å². The Balaban J connectivity index is 1.90. The van der Waals surface area contributed by atoms with E-state index in [-0.39, 0.29) is 5.56 Å². The van der Waals surface area contributed by atoms with Gasteiger partial charge < -0.3 is 9.67 Å². The largest absolute Gasteiger partial charge is 0.478 e. The van der Waals surface area contributed by atoms with E-state index < -0.39 is 11.8 Å². The number of aromatic carboxylic acids is 1. The zero-order valence-electron chi connectivity index (χ0n) is 13.3. The highest BCUT2D eigenvalue weighted by Gasteiger charge is 2.21. The van der Waals surface area contributed by atoms with Crippen molar-refractivity contribution >= 4 is 16.9 Å². The molecule has 1 aliphatic rings. The lowest BCUT2D eigenvalue weighted by Crippen LogP contribution is -2.12. The summed E-state index contributed by atoms with van der Waals surface area (Å²) in [7, 11) is 0. The molecule has 1 aliphatic carbocycles. The van der Waals surface area contributed by atoms with Crippen molar-refractivity contribution in [2.75, 3.05) is 0 Å². The number of aryl methyl sites for hydroxylation is 1. The number of carboxylic acid groups (broad SMARTS) is 1. The Hall–Kier alpha value is -2.62. The number of halogens is 1. The first-order chi connectivity index (χ1) is 11.6. The maximum absolute atomic E-state index is 13.7. The van der Waals surface area contributed by atoms with Crippen LogP contribution in [-0.4, -0.2) is 15.6 Å². The van der Waals surface area contributed by atoms with Crippen LogP contribution >= 0.6 is 0 Å². The van der Waals surface area contributed by atoms with Gasteiger partial charge in [0, 0.05) is 23.1 Å². The van der Waals surface area contributed by atoms with E-state index in [1.807, 2.05) is 12.1 Å². The number of hydrogen-bond acceptors (Lipinski definition) is 1. The molecule has 1 heterocycles. The zero-order chi connectivity index (χ0) is 16.7. The van der Waals surface area contributed by atoms with Gasteiger partial charge in [-0.2, -0.15) is 0 Å². The summed E-state index contributed by atoms with van der Waals surface area (Å²) in [4.78, 5) is 11.5. The lowest BCUT2D eigenvalue weighted by Gasteiger charge is -2.17. The molecule has 4 heteroatoms. The van der Waals surface area contributed by atoms with Crippen LogP contribution in [-0.2, 0) is 19.4 Å². The summed E-state index contributed by atoms with van der Waals surface area (Å²) in [5.74, 6) is -1.42. The molecular weight excluding hydrogens is 305 g/mol. The first kappa shape index (κ1) is 14.9. The third-order valence-electron chi connectivity index (χ3n) is 4.91. The lowest BCUT2D eigenvalue weighted by atomic mass is 9.95. The molecule has 2 aromatic carbocycles. The van der Waals surface area contributed by atoms with E-state index in [9.17, 15) is 14.3 Å². The Morgan fingerprint density at radius 2 is 1.92 bits per heavy atom. The fourth-order valence-electron chi connectivity index (χ4n) is 3.84. The lowest BCUT2D eigenvalue weighted by molar-refractivity contribution is 0.0695. The number of fused-ring (bicyclic) bond motifs is 3. The molecule has 1 aromatic heterocycles. The highest BCUT2D eigenvalue weighted by molar-refractivity contribution is 5.90. The van der Waals surface area contributed by atoms with Crippen LogP contribution in [0.4, 0.5) is 4.39 Å². The van der Waals surface area contributed by atoms with Gasteiger partial charge >= 0.3 is 5.97 Å². The average molecular weight is 323 g/mol. The quantitative estimate of drug-likeness (QED) is 0.776. The van der Waals surface area contributed by atoms with Gasteiger partial charge in [0.05, 0.1) is 5.56 Å². The number of nitrogens with zero attached hydrogens (tertiary/aromatic N) is 1. The third-order valence-corrected chi connectivity index (χ3v) is 4.91. The van der Waals surface area contributed by atoms with Crippen molar-refractivity contribution in [3.63, 3.8) is 0 Å². The predicted molar refractivity (Wildman–Crippen MR) is 91.0 cm³/mol. The van der Waals surface area contributed by atoms with Crippen molar-refractivity contribution < 1.29 is 14.3 Å². The van der Waals surface area contributed by atoms with Crippen molar-refractivity contribution in [1.29, 1.82) is 0 Å². The molecule has 3 aromatic rings. The van der Waals surface area contributed by atoms with Crippen molar-refractivity contribution in [3.8, 4) is 0 Å². The van der Waals surface area contributed by atoms with Gasteiger partial charge in [-0.05, 0) is 61.1 Å². The maximum atomic E-state index is 13.7. The number of carboxylic acids is 1. The number of para-hydroxylation sites is 1. The van der Waals surface area contributed by atoms with Crippen LogP contribution in [0.1, 0.15) is 40.0 Å². The van der Waals surface area contributed by atoms with Gasteiger partial charge in [0.25, 0.3) is 0 Å². The number of benzene rings is 2. The number of rotatable bonds is 3. The first-order valence-electron chi connectivity index (χ1n) is 8.26. The van der Waals surface area contributed by atoms with E-state index in [4.69, 9.17) is 0 Å². The summed E-state index contributed by atoms with van der Waals surface area (Å²) in [6, 6.07) is 12.1. The zero-order valence-corrected chi connectivity index (χ0v) is 13.3. The standard InChI is InChI=1S/C20H18FNO2/c21-14-9-10-15(20(23)24)13(11-14)12-22-18-7-3-1-5-16(18)17-6-2-4-8-19(17)22/h1,3,5,7,9-11H,2,4,6,8,12H2,(H,23,24). The minimum absolute atomic E-state index is 0.166. The average Bonchev–Trinajstić information content (AvgIpc) is 2.89. The maximum Gasteiger partial charge on any atom is 0.336 e. The molecule has 122 valence electrons. The molecule has 0 radical (unpaired) electrons. The summed E-state index contributed by atoms with van der Waals surface area (Å²) in [6.07, 6.45) is 4.36. The fraction of sp³-hybridized carbons (Fsp3) is 0.250. The molecule has 4 rings (SSSR count). The predicted octanol–water partition coefficient (Wildman–Crippen LogP) is 4.41. The Kier molecular flexibility index (Phi) is 3.60. The second kappa shape index (κ2) is 5.78. The molecule has 0 saturated carbocycles. The molecule has 0 saturated heterocycles. The molecular formula is C20H18FNO2. The van der Waals surface area contributed by atoms with Crippen molar-refractivity contribution in [2.45, 2.75) is 32.2 Å². The van der Waals surface area contributed by atoms with Crippen LogP contribution in [0.2, 0.25) is 0 Å². The van der Waals surface area contributed by atoms with Crippen LogP contribution in [0, 0.1) is 5.82 Å². The molecule has 0 atom stereocenters. The van der Waals surface area contributed by atoms with Gasteiger partial charge in [0.15, 0.2) is 0 Å². The highest BCUT2D eigenvalue weighted by Crippen LogP contribution is 2.33. The van der Waals surface area contributed by atoms with E-state index in [0.29, 0.717) is 12.1 Å². The summed E-state index contributed by atoms with van der Waals surface area (Å²) < 4.78 is 15.9. The van der Waals surface area contributed by atoms with E-state index in [2.05, 4.69) is 16.7 Å². The van der Waals surface area contributed by atoms with Crippen LogP contribution in [0.3, 0.4) is 0 Å². The summed E-state index contributed by atoms with van der Waals surface area (Å²) in [5.41, 5.74) is 4.41. The van der Waals surface area contributed by atoms with Gasteiger partial charge in [-0.3, -0.25) is 0 Å². The Bertz CT molecular complexity index is 942. The van der Waals surface area contributed by atoms with E-state index >= 15 is 0 Å². The first-order valence-corrected chi connectivity index (χ1v) is 8.26.